The average Bonchev–Trinajstić information content (AvgIpc) is 2.81. The maximum atomic E-state index is 5.97. The molecule has 0 saturated carbocycles. The lowest BCUT2D eigenvalue weighted by atomic mass is 10.3. The Bertz CT molecular complexity index is 585. The number of benzene rings is 1. The predicted molar refractivity (Wildman–Crippen MR) is 72.8 cm³/mol. The maximum Gasteiger partial charge on any atom is 0.142 e. The summed E-state index contributed by atoms with van der Waals surface area (Å²) in [5, 5.41) is 13.4. The summed E-state index contributed by atoms with van der Waals surface area (Å²) in [4.78, 5) is 0. The number of hydrogen-bond acceptors (Lipinski definition) is 5. The average molecular weight is 282 g/mol. The Morgan fingerprint density at radius 1 is 1.42 bits per heavy atom. The summed E-state index contributed by atoms with van der Waals surface area (Å²) < 4.78 is 7.47. The lowest BCUT2D eigenvalue weighted by molar-refractivity contribution is -0.134. The van der Waals surface area contributed by atoms with Crippen LogP contribution >= 0.6 is 11.6 Å². The zero-order valence-corrected chi connectivity index (χ0v) is 11.7. The first kappa shape index (κ1) is 12.8. The molecule has 7 heteroatoms. The number of aromatic nitrogens is 3. The minimum Gasteiger partial charge on any atom is -0.376 e. The Morgan fingerprint density at radius 2 is 2.26 bits per heavy atom. The van der Waals surface area contributed by atoms with Gasteiger partial charge in [0.15, 0.2) is 0 Å². The van der Waals surface area contributed by atoms with Crippen molar-refractivity contribution in [1.82, 2.24) is 25.0 Å². The maximum absolute atomic E-state index is 5.97. The fraction of sp³-hybridized carbons (Fsp3) is 0.500. The third-order valence-corrected chi connectivity index (χ3v) is 3.54. The van der Waals surface area contributed by atoms with Crippen LogP contribution in [0.3, 0.4) is 0 Å². The number of halogens is 1. The molecule has 19 heavy (non-hydrogen) atoms. The van der Waals surface area contributed by atoms with Gasteiger partial charge in [0.2, 0.25) is 0 Å². The Balaban J connectivity index is 2.02. The minimum absolute atomic E-state index is 0.0231. The van der Waals surface area contributed by atoms with Crippen LogP contribution in [0.15, 0.2) is 18.2 Å². The lowest BCUT2D eigenvalue weighted by Crippen LogP contribution is -2.49. The summed E-state index contributed by atoms with van der Waals surface area (Å²) >= 11 is 5.97. The zero-order chi connectivity index (χ0) is 13.4. The van der Waals surface area contributed by atoms with E-state index < -0.39 is 0 Å². The highest BCUT2D eigenvalue weighted by Crippen LogP contribution is 2.24. The van der Waals surface area contributed by atoms with Crippen LogP contribution in [0.1, 0.15) is 6.17 Å². The molecule has 0 amide bonds. The Kier molecular flexibility index (Phi) is 3.40. The number of ether oxygens (including phenoxy) is 1. The van der Waals surface area contributed by atoms with Crippen molar-refractivity contribution in [2.45, 2.75) is 6.17 Å². The number of hydrazine groups is 1. The van der Waals surface area contributed by atoms with Crippen molar-refractivity contribution >= 4 is 22.6 Å². The molecular weight excluding hydrogens is 266 g/mol. The molecule has 6 nitrogen and oxygen atoms in total. The molecule has 1 atom stereocenters. The van der Waals surface area contributed by atoms with Gasteiger partial charge in [0.25, 0.3) is 0 Å². The van der Waals surface area contributed by atoms with Crippen LogP contribution in [-0.2, 0) is 4.74 Å². The molecule has 1 aromatic heterocycles. The molecule has 1 aliphatic rings. The van der Waals surface area contributed by atoms with Gasteiger partial charge in [0.05, 0.1) is 18.7 Å². The topological polar surface area (TPSA) is 46.4 Å². The van der Waals surface area contributed by atoms with Gasteiger partial charge >= 0.3 is 0 Å². The first-order valence-corrected chi connectivity index (χ1v) is 6.56. The second kappa shape index (κ2) is 5.05. The quantitative estimate of drug-likeness (QED) is 0.832. The van der Waals surface area contributed by atoms with Crippen molar-refractivity contribution in [3.05, 3.63) is 23.2 Å². The van der Waals surface area contributed by atoms with Crippen molar-refractivity contribution in [1.29, 1.82) is 0 Å². The monoisotopic (exact) mass is 281 g/mol. The summed E-state index contributed by atoms with van der Waals surface area (Å²) in [6.07, 6.45) is 0.0231. The summed E-state index contributed by atoms with van der Waals surface area (Å²) in [6, 6.07) is 5.62. The second-order valence-corrected chi connectivity index (χ2v) is 5.17. The Morgan fingerprint density at radius 3 is 3.05 bits per heavy atom. The molecule has 0 spiro atoms. The number of hydrogen-bond donors (Lipinski definition) is 0. The van der Waals surface area contributed by atoms with Crippen LogP contribution in [0.4, 0.5) is 0 Å². The normalized spacial score (nSPS) is 21.4. The predicted octanol–water partition coefficient (Wildman–Crippen LogP) is 1.39. The molecule has 0 aliphatic carbocycles. The minimum atomic E-state index is 0.0231. The van der Waals surface area contributed by atoms with Gasteiger partial charge in [-0.25, -0.2) is 14.7 Å². The van der Waals surface area contributed by atoms with Crippen molar-refractivity contribution in [3.8, 4) is 0 Å². The van der Waals surface area contributed by atoms with E-state index in [2.05, 4.69) is 20.3 Å². The SMILES string of the molecule is CN(C)N1CCOCC1n1nnc2cc(Cl)ccc21. The van der Waals surface area contributed by atoms with Gasteiger partial charge in [-0.3, -0.25) is 0 Å². The van der Waals surface area contributed by atoms with Crippen LogP contribution in [0, 0.1) is 0 Å². The third-order valence-electron chi connectivity index (χ3n) is 3.30. The molecule has 2 aromatic rings. The summed E-state index contributed by atoms with van der Waals surface area (Å²) in [7, 11) is 4.04. The smallest absolute Gasteiger partial charge is 0.142 e. The van der Waals surface area contributed by atoms with Crippen LogP contribution in [0.25, 0.3) is 11.0 Å². The van der Waals surface area contributed by atoms with Gasteiger partial charge in [-0.1, -0.05) is 16.8 Å². The largest absolute Gasteiger partial charge is 0.376 e. The molecule has 0 N–H and O–H groups in total. The molecule has 2 heterocycles. The molecule has 1 aliphatic heterocycles. The van der Waals surface area contributed by atoms with Gasteiger partial charge in [0.1, 0.15) is 11.7 Å². The van der Waals surface area contributed by atoms with Crippen LogP contribution < -0.4 is 0 Å². The van der Waals surface area contributed by atoms with E-state index >= 15 is 0 Å². The molecule has 1 fully saturated rings. The number of fused-ring (bicyclic) bond motifs is 1. The second-order valence-electron chi connectivity index (χ2n) is 4.73. The summed E-state index contributed by atoms with van der Waals surface area (Å²) in [6.45, 7) is 2.17. The molecule has 0 radical (unpaired) electrons. The Labute approximate surface area is 116 Å². The van der Waals surface area contributed by atoms with Crippen molar-refractivity contribution in [2.75, 3.05) is 33.9 Å². The van der Waals surface area contributed by atoms with Crippen molar-refractivity contribution < 1.29 is 4.74 Å². The first-order chi connectivity index (χ1) is 9.16. The van der Waals surface area contributed by atoms with E-state index in [-0.39, 0.29) is 6.17 Å². The number of nitrogens with zero attached hydrogens (tertiary/aromatic N) is 5. The van der Waals surface area contributed by atoms with Gasteiger partial charge in [-0.05, 0) is 18.2 Å². The fourth-order valence-corrected chi connectivity index (χ4v) is 2.55. The van der Waals surface area contributed by atoms with Gasteiger partial charge < -0.3 is 4.74 Å². The highest BCUT2D eigenvalue weighted by atomic mass is 35.5. The summed E-state index contributed by atoms with van der Waals surface area (Å²) in [5.41, 5.74) is 1.77. The highest BCUT2D eigenvalue weighted by molar-refractivity contribution is 6.31. The summed E-state index contributed by atoms with van der Waals surface area (Å²) in [5.74, 6) is 0. The van der Waals surface area contributed by atoms with E-state index in [4.69, 9.17) is 16.3 Å². The van der Waals surface area contributed by atoms with E-state index in [1.165, 1.54) is 0 Å². The molecule has 3 rings (SSSR count). The number of morpholine rings is 1. The van der Waals surface area contributed by atoms with Crippen molar-refractivity contribution in [3.63, 3.8) is 0 Å². The molecular formula is C12H16ClN5O. The van der Waals surface area contributed by atoms with Gasteiger partial charge in [-0.15, -0.1) is 5.10 Å². The number of rotatable bonds is 2. The van der Waals surface area contributed by atoms with E-state index in [1.807, 2.05) is 37.0 Å². The zero-order valence-electron chi connectivity index (χ0n) is 11.0. The molecule has 1 aromatic carbocycles. The Hall–Kier alpha value is -1.21. The highest BCUT2D eigenvalue weighted by Gasteiger charge is 2.28. The van der Waals surface area contributed by atoms with Crippen LogP contribution in [0.5, 0.6) is 0 Å². The van der Waals surface area contributed by atoms with E-state index in [9.17, 15) is 0 Å². The van der Waals surface area contributed by atoms with Crippen molar-refractivity contribution in [2.24, 2.45) is 0 Å². The van der Waals surface area contributed by atoms with Crippen LogP contribution in [0.2, 0.25) is 5.02 Å². The lowest BCUT2D eigenvalue weighted by Gasteiger charge is -2.39. The van der Waals surface area contributed by atoms with E-state index in [1.54, 1.807) is 0 Å². The third kappa shape index (κ3) is 2.32. The first-order valence-electron chi connectivity index (χ1n) is 6.19. The molecule has 1 saturated heterocycles. The molecule has 1 unspecified atom stereocenters. The van der Waals surface area contributed by atoms with Gasteiger partial charge in [-0.2, -0.15) is 0 Å². The van der Waals surface area contributed by atoms with Crippen LogP contribution in [-0.4, -0.2) is 58.9 Å². The molecule has 0 bridgehead atoms. The fourth-order valence-electron chi connectivity index (χ4n) is 2.38. The standard InChI is InChI=1S/C12H16ClN5O/c1-16(2)17-5-6-19-8-12(17)18-11-4-3-9(13)7-10(11)14-15-18/h3-4,7,12H,5-6,8H2,1-2H3. The van der Waals surface area contributed by atoms with E-state index in [0.29, 0.717) is 11.6 Å². The molecule has 102 valence electrons. The van der Waals surface area contributed by atoms with Gasteiger partial charge in [0, 0.05) is 25.7 Å². The van der Waals surface area contributed by atoms with E-state index in [0.717, 1.165) is 24.2 Å².